The molecule has 3 rings (SSSR count). The van der Waals surface area contributed by atoms with Gasteiger partial charge in [0.1, 0.15) is 5.82 Å². The molecule has 0 saturated heterocycles. The normalized spacial score (nSPS) is 15.3. The van der Waals surface area contributed by atoms with Crippen molar-refractivity contribution in [2.24, 2.45) is 4.99 Å². The maximum absolute atomic E-state index is 13.2. The number of benzene rings is 2. The third-order valence-corrected chi connectivity index (χ3v) is 3.80. The van der Waals surface area contributed by atoms with Gasteiger partial charge in [0.05, 0.1) is 9.40 Å². The first kappa shape index (κ1) is 16.0. The van der Waals surface area contributed by atoms with Gasteiger partial charge in [0.2, 0.25) is 5.90 Å². The second-order valence-electron chi connectivity index (χ2n) is 4.81. The Morgan fingerprint density at radius 2 is 2.04 bits per heavy atom. The van der Waals surface area contributed by atoms with Crippen LogP contribution in [0.25, 0.3) is 6.08 Å². The van der Waals surface area contributed by atoms with Crippen molar-refractivity contribution in [2.75, 3.05) is 0 Å². The molecule has 0 bridgehead atoms. The predicted molar refractivity (Wildman–Crippen MR) is 87.8 cm³/mol. The van der Waals surface area contributed by atoms with Crippen molar-refractivity contribution in [3.05, 3.63) is 79.7 Å². The van der Waals surface area contributed by atoms with Crippen molar-refractivity contribution in [3.8, 4) is 0 Å². The monoisotopic (exact) mass is 390 g/mol. The molecule has 2 aromatic rings. The van der Waals surface area contributed by atoms with Crippen molar-refractivity contribution in [2.45, 2.75) is 0 Å². The maximum Gasteiger partial charge on any atom is 0.363 e. The molecule has 0 unspecified atom stereocenters. The van der Waals surface area contributed by atoms with Crippen LogP contribution in [-0.4, -0.2) is 16.8 Å². The van der Waals surface area contributed by atoms with Crippen molar-refractivity contribution in [3.63, 3.8) is 0 Å². The van der Waals surface area contributed by atoms with Crippen molar-refractivity contribution in [1.82, 2.24) is 0 Å². The molecule has 0 aliphatic carbocycles. The average Bonchev–Trinajstić information content (AvgIpc) is 2.88. The molecule has 1 heterocycles. The lowest BCUT2D eigenvalue weighted by atomic mass is 10.2. The van der Waals surface area contributed by atoms with Crippen LogP contribution in [-0.2, 0) is 9.53 Å². The number of carbonyl (C=O) groups excluding carboxylic acids is 1. The van der Waals surface area contributed by atoms with Crippen LogP contribution in [0, 0.1) is 15.9 Å². The second kappa shape index (κ2) is 6.32. The van der Waals surface area contributed by atoms with E-state index in [9.17, 15) is 19.3 Å². The number of hydrogen-bond acceptors (Lipinski definition) is 5. The molecule has 0 atom stereocenters. The minimum Gasteiger partial charge on any atom is -0.402 e. The summed E-state index contributed by atoms with van der Waals surface area (Å²) >= 11 is 3.10. The molecule has 6 nitrogen and oxygen atoms in total. The van der Waals surface area contributed by atoms with Crippen LogP contribution in [0.5, 0.6) is 0 Å². The zero-order valence-corrected chi connectivity index (χ0v) is 13.5. The quantitative estimate of drug-likeness (QED) is 0.345. The van der Waals surface area contributed by atoms with E-state index in [0.717, 1.165) is 0 Å². The zero-order valence-electron chi connectivity index (χ0n) is 11.9. The summed E-state index contributed by atoms with van der Waals surface area (Å²) in [6.45, 7) is 0. The van der Waals surface area contributed by atoms with Gasteiger partial charge in [-0.25, -0.2) is 14.2 Å². The first-order valence-corrected chi connectivity index (χ1v) is 7.46. The molecule has 0 amide bonds. The van der Waals surface area contributed by atoms with Gasteiger partial charge in [0.15, 0.2) is 5.70 Å². The fourth-order valence-electron chi connectivity index (χ4n) is 2.07. The Labute approximate surface area is 143 Å². The van der Waals surface area contributed by atoms with E-state index in [0.29, 0.717) is 11.1 Å². The van der Waals surface area contributed by atoms with Crippen LogP contribution in [0.2, 0.25) is 0 Å². The Balaban J connectivity index is 1.94. The Bertz CT molecular complexity index is 924. The van der Waals surface area contributed by atoms with E-state index in [1.165, 1.54) is 42.5 Å². The topological polar surface area (TPSA) is 81.8 Å². The summed E-state index contributed by atoms with van der Waals surface area (Å²) in [5.41, 5.74) is 0.811. The molecule has 0 saturated carbocycles. The number of ether oxygens (including phenoxy) is 1. The minimum atomic E-state index is -0.677. The molecule has 0 fully saturated rings. The SMILES string of the molecule is O=C1OC(c2cccc(F)c2)=N/C1=C/c1ccc([N+](=O)[O-])c(Br)c1. The van der Waals surface area contributed by atoms with Crippen molar-refractivity contribution < 1.29 is 18.8 Å². The van der Waals surface area contributed by atoms with Crippen LogP contribution in [0.15, 0.2) is 57.6 Å². The summed E-state index contributed by atoms with van der Waals surface area (Å²) in [4.78, 5) is 26.2. The largest absolute Gasteiger partial charge is 0.402 e. The van der Waals surface area contributed by atoms with Gasteiger partial charge in [-0.05, 0) is 57.9 Å². The minimum absolute atomic E-state index is 0.00623. The maximum atomic E-state index is 13.2. The first-order valence-electron chi connectivity index (χ1n) is 6.66. The Hall–Kier alpha value is -2.87. The number of nitrogens with zero attached hydrogens (tertiary/aromatic N) is 2. The van der Waals surface area contributed by atoms with Crippen LogP contribution in [0.3, 0.4) is 0 Å². The number of aliphatic imine (C=N–C) groups is 1. The van der Waals surface area contributed by atoms with Gasteiger partial charge in [0, 0.05) is 11.6 Å². The van der Waals surface area contributed by atoms with E-state index >= 15 is 0 Å². The van der Waals surface area contributed by atoms with Gasteiger partial charge in [0.25, 0.3) is 5.69 Å². The molecule has 1 aliphatic rings. The van der Waals surface area contributed by atoms with E-state index in [1.54, 1.807) is 6.07 Å². The summed E-state index contributed by atoms with van der Waals surface area (Å²) < 4.78 is 18.6. The lowest BCUT2D eigenvalue weighted by Crippen LogP contribution is -2.05. The molecule has 2 aromatic carbocycles. The second-order valence-corrected chi connectivity index (χ2v) is 5.67. The summed E-state index contributed by atoms with van der Waals surface area (Å²) in [6, 6.07) is 9.82. The van der Waals surface area contributed by atoms with Crippen LogP contribution in [0.4, 0.5) is 10.1 Å². The molecule has 0 aromatic heterocycles. The van der Waals surface area contributed by atoms with Gasteiger partial charge in [-0.15, -0.1) is 0 Å². The highest BCUT2D eigenvalue weighted by Crippen LogP contribution is 2.27. The summed E-state index contributed by atoms with van der Waals surface area (Å²) in [5.74, 6) is -1.14. The highest BCUT2D eigenvalue weighted by molar-refractivity contribution is 9.10. The lowest BCUT2D eigenvalue weighted by Gasteiger charge is -1.98. The van der Waals surface area contributed by atoms with E-state index in [4.69, 9.17) is 4.74 Å². The zero-order chi connectivity index (χ0) is 17.3. The van der Waals surface area contributed by atoms with E-state index in [1.807, 2.05) is 0 Å². The molecule has 0 spiro atoms. The molecule has 1 aliphatic heterocycles. The summed E-state index contributed by atoms with van der Waals surface area (Å²) in [7, 11) is 0. The standard InChI is InChI=1S/C16H8BrFN2O4/c17-12-6-9(4-5-14(12)20(22)23)7-13-16(21)24-15(19-13)10-2-1-3-11(18)8-10/h1-8H/b13-7+. The number of halogens is 2. The van der Waals surface area contributed by atoms with Gasteiger partial charge >= 0.3 is 5.97 Å². The summed E-state index contributed by atoms with van der Waals surface area (Å²) in [5, 5.41) is 10.8. The molecule has 0 radical (unpaired) electrons. The number of hydrogen-bond donors (Lipinski definition) is 0. The molecular formula is C16H8BrFN2O4. The van der Waals surface area contributed by atoms with Gasteiger partial charge < -0.3 is 4.74 Å². The number of nitro groups is 1. The smallest absolute Gasteiger partial charge is 0.363 e. The highest BCUT2D eigenvalue weighted by Gasteiger charge is 2.24. The summed E-state index contributed by atoms with van der Waals surface area (Å²) in [6.07, 6.45) is 1.43. The first-order chi connectivity index (χ1) is 11.4. The molecular weight excluding hydrogens is 383 g/mol. The van der Waals surface area contributed by atoms with E-state index < -0.39 is 16.7 Å². The van der Waals surface area contributed by atoms with Crippen LogP contribution >= 0.6 is 15.9 Å². The van der Waals surface area contributed by atoms with Crippen LogP contribution in [0.1, 0.15) is 11.1 Å². The third kappa shape index (κ3) is 3.23. The Morgan fingerprint density at radius 3 is 2.71 bits per heavy atom. The van der Waals surface area contributed by atoms with Gasteiger partial charge in [-0.3, -0.25) is 10.1 Å². The van der Waals surface area contributed by atoms with Crippen molar-refractivity contribution >= 4 is 39.6 Å². The predicted octanol–water partition coefficient (Wildman–Crippen LogP) is 3.84. The van der Waals surface area contributed by atoms with E-state index in [2.05, 4.69) is 20.9 Å². The number of esters is 1. The highest BCUT2D eigenvalue weighted by atomic mass is 79.9. The molecule has 24 heavy (non-hydrogen) atoms. The lowest BCUT2D eigenvalue weighted by molar-refractivity contribution is -0.385. The van der Waals surface area contributed by atoms with Crippen molar-refractivity contribution in [1.29, 1.82) is 0 Å². The average molecular weight is 391 g/mol. The molecule has 0 N–H and O–H groups in total. The number of nitro benzene ring substituents is 1. The van der Waals surface area contributed by atoms with E-state index in [-0.39, 0.29) is 21.8 Å². The third-order valence-electron chi connectivity index (χ3n) is 3.16. The molecule has 8 heteroatoms. The van der Waals surface area contributed by atoms with Gasteiger partial charge in [-0.2, -0.15) is 0 Å². The fourth-order valence-corrected chi connectivity index (χ4v) is 2.61. The Kier molecular flexibility index (Phi) is 4.22. The number of rotatable bonds is 3. The number of cyclic esters (lactones) is 1. The fraction of sp³-hybridized carbons (Fsp3) is 0. The van der Waals surface area contributed by atoms with Gasteiger partial charge in [-0.1, -0.05) is 6.07 Å². The number of carbonyl (C=O) groups is 1. The molecule has 120 valence electrons. The Morgan fingerprint density at radius 1 is 1.25 bits per heavy atom. The van der Waals surface area contributed by atoms with Crippen LogP contribution < -0.4 is 0 Å².